The van der Waals surface area contributed by atoms with Crippen molar-refractivity contribution in [3.8, 4) is 0 Å². The first kappa shape index (κ1) is 21.3. The highest BCUT2D eigenvalue weighted by molar-refractivity contribution is 7.99. The highest BCUT2D eigenvalue weighted by Gasteiger charge is 2.32. The number of amides is 1. The molecule has 0 aliphatic carbocycles. The summed E-state index contributed by atoms with van der Waals surface area (Å²) in [6, 6.07) is 8.48. The fourth-order valence-corrected chi connectivity index (χ4v) is 3.74. The highest BCUT2D eigenvalue weighted by Crippen LogP contribution is 2.28. The summed E-state index contributed by atoms with van der Waals surface area (Å²) in [4.78, 5) is 12.1. The quantitative estimate of drug-likeness (QED) is 0.736. The van der Waals surface area contributed by atoms with Gasteiger partial charge in [-0.3, -0.25) is 4.79 Å². The predicted molar refractivity (Wildman–Crippen MR) is 104 cm³/mol. The summed E-state index contributed by atoms with van der Waals surface area (Å²) in [5.74, 6) is 1.51. The first-order chi connectivity index (χ1) is 11.1. The minimum Gasteiger partial charge on any atom is -0.384 e. The maximum atomic E-state index is 12.1. The van der Waals surface area contributed by atoms with Crippen LogP contribution in [-0.4, -0.2) is 45.0 Å². The van der Waals surface area contributed by atoms with Gasteiger partial charge in [0.2, 0.25) is 5.91 Å². The molecule has 0 unspecified atom stereocenters. The molecule has 1 aliphatic heterocycles. The van der Waals surface area contributed by atoms with E-state index in [1.807, 2.05) is 0 Å². The van der Waals surface area contributed by atoms with Crippen LogP contribution in [0.3, 0.4) is 0 Å². The third-order valence-corrected chi connectivity index (χ3v) is 5.40. The first-order valence-electron chi connectivity index (χ1n) is 8.23. The van der Waals surface area contributed by atoms with Crippen molar-refractivity contribution in [2.45, 2.75) is 25.5 Å². The molecule has 0 saturated carbocycles. The topological polar surface area (TPSA) is 50.4 Å². The van der Waals surface area contributed by atoms with Gasteiger partial charge in [0.05, 0.1) is 12.4 Å². The van der Waals surface area contributed by atoms with Crippen LogP contribution < -0.4 is 10.6 Å². The fourth-order valence-electron chi connectivity index (χ4n) is 2.92. The number of carbonyl (C=O) groups excluding carboxylic acids is 1. The number of benzene rings is 1. The minimum absolute atomic E-state index is 0. The number of hydrogen-bond donors (Lipinski definition) is 2. The molecule has 1 amide bonds. The number of aryl methyl sites for hydroxylation is 1. The van der Waals surface area contributed by atoms with Gasteiger partial charge in [0.1, 0.15) is 0 Å². The monoisotopic (exact) mass is 372 g/mol. The first-order valence-corrected chi connectivity index (χ1v) is 9.39. The third-order valence-electron chi connectivity index (χ3n) is 4.40. The molecule has 1 saturated heterocycles. The van der Waals surface area contributed by atoms with Crippen LogP contribution in [0.25, 0.3) is 0 Å². The molecule has 0 aromatic heterocycles. The number of rotatable bonds is 8. The van der Waals surface area contributed by atoms with E-state index < -0.39 is 0 Å². The van der Waals surface area contributed by atoms with Crippen LogP contribution in [0, 0.1) is 12.3 Å². The smallest absolute Gasteiger partial charge is 0.230 e. The molecule has 1 aromatic rings. The van der Waals surface area contributed by atoms with Crippen LogP contribution in [0.15, 0.2) is 24.3 Å². The zero-order valence-corrected chi connectivity index (χ0v) is 16.2. The Morgan fingerprint density at radius 3 is 2.58 bits per heavy atom. The Balaban J connectivity index is 0.00000288. The molecule has 4 nitrogen and oxygen atoms in total. The van der Waals surface area contributed by atoms with Crippen LogP contribution in [0.1, 0.15) is 24.0 Å². The molecular formula is C18H29ClN2O2S. The van der Waals surface area contributed by atoms with Gasteiger partial charge in [-0.2, -0.15) is 0 Å². The summed E-state index contributed by atoms with van der Waals surface area (Å²) in [7, 11) is 1.74. The molecular weight excluding hydrogens is 344 g/mol. The molecule has 1 aliphatic rings. The molecule has 0 atom stereocenters. The molecule has 0 radical (unpaired) electrons. The second-order valence-electron chi connectivity index (χ2n) is 6.44. The van der Waals surface area contributed by atoms with Crippen molar-refractivity contribution in [1.29, 1.82) is 0 Å². The molecule has 0 spiro atoms. The average molecular weight is 373 g/mol. The van der Waals surface area contributed by atoms with E-state index in [-0.39, 0.29) is 23.7 Å². The molecule has 136 valence electrons. The largest absolute Gasteiger partial charge is 0.384 e. The predicted octanol–water partition coefficient (Wildman–Crippen LogP) is 2.78. The summed E-state index contributed by atoms with van der Waals surface area (Å²) in [5, 5.41) is 6.48. The number of ether oxygens (including phenoxy) is 1. The van der Waals surface area contributed by atoms with Gasteiger partial charge in [-0.1, -0.05) is 29.8 Å². The SMILES string of the molecule is COCC1(CNC(=O)CSCc2ccc(C)cc2)CCNCC1.Cl. The van der Waals surface area contributed by atoms with Crippen LogP contribution >= 0.6 is 24.2 Å². The summed E-state index contributed by atoms with van der Waals surface area (Å²) in [6.07, 6.45) is 2.11. The summed E-state index contributed by atoms with van der Waals surface area (Å²) < 4.78 is 5.38. The van der Waals surface area contributed by atoms with Gasteiger partial charge >= 0.3 is 0 Å². The Kier molecular flexibility index (Phi) is 9.74. The van der Waals surface area contributed by atoms with Gasteiger partial charge in [0.25, 0.3) is 0 Å². The number of halogens is 1. The van der Waals surface area contributed by atoms with Crippen molar-refractivity contribution >= 4 is 30.1 Å². The van der Waals surface area contributed by atoms with E-state index >= 15 is 0 Å². The molecule has 2 rings (SSSR count). The van der Waals surface area contributed by atoms with Crippen LogP contribution in [-0.2, 0) is 15.3 Å². The van der Waals surface area contributed by atoms with Crippen molar-refractivity contribution in [2.75, 3.05) is 39.1 Å². The summed E-state index contributed by atoms with van der Waals surface area (Å²) in [6.45, 7) is 5.52. The van der Waals surface area contributed by atoms with Crippen molar-refractivity contribution in [3.63, 3.8) is 0 Å². The Hall–Kier alpha value is -0.750. The second-order valence-corrected chi connectivity index (χ2v) is 7.42. The van der Waals surface area contributed by atoms with E-state index in [0.29, 0.717) is 18.9 Å². The summed E-state index contributed by atoms with van der Waals surface area (Å²) >= 11 is 1.66. The zero-order valence-electron chi connectivity index (χ0n) is 14.6. The Morgan fingerprint density at radius 2 is 1.96 bits per heavy atom. The van der Waals surface area contributed by atoms with Crippen molar-refractivity contribution in [2.24, 2.45) is 5.41 Å². The van der Waals surface area contributed by atoms with Crippen LogP contribution in [0.4, 0.5) is 0 Å². The van der Waals surface area contributed by atoms with Crippen molar-refractivity contribution < 1.29 is 9.53 Å². The molecule has 1 fully saturated rings. The maximum absolute atomic E-state index is 12.1. The third kappa shape index (κ3) is 7.01. The number of carbonyl (C=O) groups is 1. The Labute approximate surface area is 155 Å². The Bertz CT molecular complexity index is 485. The Morgan fingerprint density at radius 1 is 1.29 bits per heavy atom. The normalized spacial score (nSPS) is 16.2. The standard InChI is InChI=1S/C18H28N2O2S.ClH/c1-15-3-5-16(6-4-15)11-23-12-17(21)20-13-18(14-22-2)7-9-19-10-8-18;/h3-6,19H,7-14H2,1-2H3,(H,20,21);1H. The number of thioether (sulfide) groups is 1. The molecule has 24 heavy (non-hydrogen) atoms. The molecule has 0 bridgehead atoms. The number of methoxy groups -OCH3 is 1. The van der Waals surface area contributed by atoms with Crippen LogP contribution in [0.2, 0.25) is 0 Å². The minimum atomic E-state index is 0. The lowest BCUT2D eigenvalue weighted by atomic mass is 9.79. The lowest BCUT2D eigenvalue weighted by Gasteiger charge is -2.37. The van der Waals surface area contributed by atoms with Gasteiger partial charge < -0.3 is 15.4 Å². The van der Waals surface area contributed by atoms with Crippen molar-refractivity contribution in [1.82, 2.24) is 10.6 Å². The molecule has 1 aromatic carbocycles. The van der Waals surface area contributed by atoms with E-state index in [9.17, 15) is 4.79 Å². The molecule has 2 N–H and O–H groups in total. The number of hydrogen-bond acceptors (Lipinski definition) is 4. The molecule has 6 heteroatoms. The van der Waals surface area contributed by atoms with Crippen LogP contribution in [0.5, 0.6) is 0 Å². The van der Waals surface area contributed by atoms with E-state index in [2.05, 4.69) is 41.8 Å². The number of nitrogens with one attached hydrogen (secondary N) is 2. The van der Waals surface area contributed by atoms with Crippen molar-refractivity contribution in [3.05, 3.63) is 35.4 Å². The fraction of sp³-hybridized carbons (Fsp3) is 0.611. The zero-order chi connectivity index (χ0) is 16.5. The highest BCUT2D eigenvalue weighted by atomic mass is 35.5. The maximum Gasteiger partial charge on any atom is 0.230 e. The van der Waals surface area contributed by atoms with E-state index in [0.717, 1.165) is 31.7 Å². The summed E-state index contributed by atoms with van der Waals surface area (Å²) in [5.41, 5.74) is 2.63. The van der Waals surface area contributed by atoms with Gasteiger partial charge in [0, 0.05) is 24.8 Å². The van der Waals surface area contributed by atoms with E-state index in [1.165, 1.54) is 11.1 Å². The average Bonchev–Trinajstić information content (AvgIpc) is 2.56. The van der Waals surface area contributed by atoms with E-state index in [1.54, 1.807) is 18.9 Å². The molecule has 1 heterocycles. The lowest BCUT2D eigenvalue weighted by molar-refractivity contribution is -0.119. The van der Waals surface area contributed by atoms with Gasteiger partial charge in [-0.25, -0.2) is 0 Å². The van der Waals surface area contributed by atoms with Gasteiger partial charge in [-0.15, -0.1) is 24.2 Å². The van der Waals surface area contributed by atoms with Gasteiger partial charge in [-0.05, 0) is 38.4 Å². The van der Waals surface area contributed by atoms with Gasteiger partial charge in [0.15, 0.2) is 0 Å². The van der Waals surface area contributed by atoms with E-state index in [4.69, 9.17) is 4.74 Å². The number of piperidine rings is 1. The second kappa shape index (κ2) is 11.0. The lowest BCUT2D eigenvalue weighted by Crippen LogP contribution is -2.47.